The van der Waals surface area contributed by atoms with Gasteiger partial charge in [0.2, 0.25) is 0 Å². The molecule has 1 heterocycles. The number of piperazine rings is 1. The zero-order valence-electron chi connectivity index (χ0n) is 22.7. The lowest BCUT2D eigenvalue weighted by molar-refractivity contribution is -0.143. The van der Waals surface area contributed by atoms with E-state index in [1.54, 1.807) is 47.4 Å². The Balaban J connectivity index is 1.85. The van der Waals surface area contributed by atoms with Crippen LogP contribution in [0.15, 0.2) is 48.5 Å². The van der Waals surface area contributed by atoms with Crippen LogP contribution in [0.2, 0.25) is 10.0 Å². The second-order valence-corrected chi connectivity index (χ2v) is 10.6. The summed E-state index contributed by atoms with van der Waals surface area (Å²) in [6, 6.07) is 11.8. The highest BCUT2D eigenvalue weighted by atomic mass is 35.5. The zero-order chi connectivity index (χ0) is 28.4. The van der Waals surface area contributed by atoms with Crippen LogP contribution >= 0.6 is 23.2 Å². The lowest BCUT2D eigenvalue weighted by Gasteiger charge is -2.42. The number of benzene rings is 2. The number of anilines is 2. The maximum Gasteiger partial charge on any atom is 0.329 e. The van der Waals surface area contributed by atoms with Crippen molar-refractivity contribution in [3.63, 3.8) is 0 Å². The van der Waals surface area contributed by atoms with Crippen molar-refractivity contribution >= 4 is 52.6 Å². The molecule has 39 heavy (non-hydrogen) atoms. The molecule has 0 bridgehead atoms. The lowest BCUT2D eigenvalue weighted by atomic mass is 10.1. The predicted molar refractivity (Wildman–Crippen MR) is 156 cm³/mol. The number of aliphatic carboxylic acids is 1. The Labute approximate surface area is 241 Å². The van der Waals surface area contributed by atoms with E-state index >= 15 is 0 Å². The van der Waals surface area contributed by atoms with Crippen LogP contribution in [0.4, 0.5) is 21.0 Å². The number of carbonyl (C=O) groups excluding carboxylic acids is 2. The first kappa shape index (κ1) is 30.6. The number of nitrogens with zero attached hydrogens (tertiary/aromatic N) is 4. The average Bonchev–Trinajstić information content (AvgIpc) is 2.92. The Morgan fingerprint density at radius 2 is 1.44 bits per heavy atom. The number of carbonyl (C=O) groups is 3. The van der Waals surface area contributed by atoms with E-state index < -0.39 is 18.0 Å². The minimum absolute atomic E-state index is 0.0803. The molecule has 0 saturated carbocycles. The van der Waals surface area contributed by atoms with Gasteiger partial charge >= 0.3 is 18.0 Å². The topological polar surface area (TPSA) is 84.4 Å². The Morgan fingerprint density at radius 1 is 0.846 bits per heavy atom. The number of carboxylic acids is 1. The van der Waals surface area contributed by atoms with E-state index in [2.05, 4.69) is 13.8 Å². The van der Waals surface area contributed by atoms with Crippen LogP contribution in [-0.4, -0.2) is 76.6 Å². The van der Waals surface area contributed by atoms with Crippen LogP contribution in [0.25, 0.3) is 0 Å². The third-order valence-electron chi connectivity index (χ3n) is 6.83. The molecule has 1 atom stereocenters. The molecule has 3 rings (SSSR count). The molecule has 1 unspecified atom stereocenters. The van der Waals surface area contributed by atoms with E-state index in [0.29, 0.717) is 34.5 Å². The van der Waals surface area contributed by atoms with Crippen molar-refractivity contribution in [1.82, 2.24) is 14.7 Å². The molecule has 0 aromatic heterocycles. The van der Waals surface area contributed by atoms with Gasteiger partial charge in [-0.2, -0.15) is 0 Å². The normalized spacial score (nSPS) is 15.2. The van der Waals surface area contributed by atoms with E-state index in [9.17, 15) is 19.5 Å². The third kappa shape index (κ3) is 8.26. The summed E-state index contributed by atoms with van der Waals surface area (Å²) in [6.07, 6.45) is 5.97. The maximum atomic E-state index is 14.0. The van der Waals surface area contributed by atoms with Gasteiger partial charge in [0.25, 0.3) is 0 Å². The van der Waals surface area contributed by atoms with Crippen molar-refractivity contribution in [2.24, 2.45) is 0 Å². The van der Waals surface area contributed by atoms with Gasteiger partial charge in [0.15, 0.2) is 0 Å². The lowest BCUT2D eigenvalue weighted by Crippen LogP contribution is -2.62. The molecule has 8 nitrogen and oxygen atoms in total. The molecule has 212 valence electrons. The third-order valence-corrected chi connectivity index (χ3v) is 7.26. The molecule has 4 amide bonds. The Hall–Kier alpha value is -2.97. The van der Waals surface area contributed by atoms with Crippen LogP contribution < -0.4 is 4.90 Å². The van der Waals surface area contributed by atoms with E-state index in [0.717, 1.165) is 38.5 Å². The summed E-state index contributed by atoms with van der Waals surface area (Å²) in [7, 11) is 0. The first-order chi connectivity index (χ1) is 18.8. The number of halogens is 2. The van der Waals surface area contributed by atoms with E-state index in [1.807, 2.05) is 11.0 Å². The van der Waals surface area contributed by atoms with Crippen molar-refractivity contribution in [2.75, 3.05) is 37.6 Å². The number of para-hydroxylation sites is 1. The van der Waals surface area contributed by atoms with Gasteiger partial charge in [0, 0.05) is 36.2 Å². The number of hydrogen-bond acceptors (Lipinski definition) is 3. The van der Waals surface area contributed by atoms with Crippen LogP contribution in [0.5, 0.6) is 0 Å². The molecule has 1 fully saturated rings. The fourth-order valence-corrected chi connectivity index (χ4v) is 5.26. The summed E-state index contributed by atoms with van der Waals surface area (Å²) in [5.74, 6) is -1.17. The second kappa shape index (κ2) is 15.0. The van der Waals surface area contributed by atoms with E-state index in [-0.39, 0.29) is 25.7 Å². The average molecular weight is 578 g/mol. The highest BCUT2D eigenvalue weighted by molar-refractivity contribution is 6.35. The van der Waals surface area contributed by atoms with Gasteiger partial charge in [-0.05, 0) is 43.2 Å². The molecule has 1 aliphatic heterocycles. The minimum Gasteiger partial charge on any atom is -0.480 e. The van der Waals surface area contributed by atoms with Crippen molar-refractivity contribution in [3.05, 3.63) is 58.6 Å². The van der Waals surface area contributed by atoms with E-state index in [1.165, 1.54) is 9.80 Å². The van der Waals surface area contributed by atoms with Gasteiger partial charge in [0.1, 0.15) is 6.04 Å². The number of urea groups is 2. The molecule has 1 N–H and O–H groups in total. The molecule has 2 aromatic rings. The highest BCUT2D eigenvalue weighted by Crippen LogP contribution is 2.32. The van der Waals surface area contributed by atoms with Gasteiger partial charge in [-0.3, -0.25) is 4.90 Å². The monoisotopic (exact) mass is 576 g/mol. The van der Waals surface area contributed by atoms with Crippen LogP contribution in [0.3, 0.4) is 0 Å². The molecule has 2 aromatic carbocycles. The van der Waals surface area contributed by atoms with Gasteiger partial charge in [0.05, 0.1) is 17.9 Å². The molecule has 0 aliphatic carbocycles. The number of carboxylic acid groups (broad SMARTS) is 1. The maximum absolute atomic E-state index is 14.0. The Bertz CT molecular complexity index is 1090. The number of hydrogen-bond donors (Lipinski definition) is 1. The first-order valence-electron chi connectivity index (χ1n) is 13.6. The zero-order valence-corrected chi connectivity index (χ0v) is 24.2. The van der Waals surface area contributed by atoms with Crippen LogP contribution in [0, 0.1) is 0 Å². The molecular formula is C29H38Cl2N4O4. The van der Waals surface area contributed by atoms with E-state index in [4.69, 9.17) is 23.2 Å². The molecule has 0 radical (unpaired) electrons. The smallest absolute Gasteiger partial charge is 0.329 e. The standard InChI is InChI=1S/C29H38Cl2N4O4/c1-3-5-10-14-32(15-11-6-4-2)28(38)33-16-17-34(26(21-33)27(36)37)29(39)35(24-12-8-7-9-13-24)25-19-22(30)18-23(31)20-25/h7-9,12-13,18-20,26H,3-6,10-11,14-17,21H2,1-2H3,(H,36,37). The van der Waals surface area contributed by atoms with Crippen molar-refractivity contribution in [3.8, 4) is 0 Å². The summed E-state index contributed by atoms with van der Waals surface area (Å²) in [5, 5.41) is 10.8. The fourth-order valence-electron chi connectivity index (χ4n) is 4.75. The molecule has 0 spiro atoms. The molecule has 1 aliphatic rings. The van der Waals surface area contributed by atoms with Crippen LogP contribution in [0.1, 0.15) is 52.4 Å². The molecule has 10 heteroatoms. The second-order valence-electron chi connectivity index (χ2n) is 9.76. The van der Waals surface area contributed by atoms with Crippen LogP contribution in [-0.2, 0) is 4.79 Å². The predicted octanol–water partition coefficient (Wildman–Crippen LogP) is 7.12. The van der Waals surface area contributed by atoms with Gasteiger partial charge < -0.3 is 19.8 Å². The fraction of sp³-hybridized carbons (Fsp3) is 0.483. The highest BCUT2D eigenvalue weighted by Gasteiger charge is 2.40. The summed E-state index contributed by atoms with van der Waals surface area (Å²) in [5.41, 5.74) is 0.964. The molecule has 1 saturated heterocycles. The quantitative estimate of drug-likeness (QED) is 0.288. The summed E-state index contributed by atoms with van der Waals surface area (Å²) < 4.78 is 0. The van der Waals surface area contributed by atoms with Crippen molar-refractivity contribution in [1.29, 1.82) is 0 Å². The first-order valence-corrected chi connectivity index (χ1v) is 14.4. The summed E-state index contributed by atoms with van der Waals surface area (Å²) in [4.78, 5) is 46.0. The summed E-state index contributed by atoms with van der Waals surface area (Å²) in [6.45, 7) is 5.76. The number of rotatable bonds is 11. The van der Waals surface area contributed by atoms with Gasteiger partial charge in [-0.15, -0.1) is 0 Å². The number of unbranched alkanes of at least 4 members (excludes halogenated alkanes) is 4. The Morgan fingerprint density at radius 3 is 1.97 bits per heavy atom. The van der Waals surface area contributed by atoms with Crippen molar-refractivity contribution in [2.45, 2.75) is 58.4 Å². The van der Waals surface area contributed by atoms with Crippen molar-refractivity contribution < 1.29 is 19.5 Å². The minimum atomic E-state index is -1.20. The Kier molecular flexibility index (Phi) is 11.7. The van der Waals surface area contributed by atoms with Gasteiger partial charge in [-0.1, -0.05) is 80.9 Å². The largest absolute Gasteiger partial charge is 0.480 e. The SMILES string of the molecule is CCCCCN(CCCCC)C(=O)N1CCN(C(=O)N(c2ccccc2)c2cc(Cl)cc(Cl)c2)C(C(=O)O)C1. The van der Waals surface area contributed by atoms with Gasteiger partial charge in [-0.25, -0.2) is 14.4 Å². The molecular weight excluding hydrogens is 539 g/mol. The summed E-state index contributed by atoms with van der Waals surface area (Å²) >= 11 is 12.5. The number of amides is 4.